The minimum atomic E-state index is -1.21. The van der Waals surface area contributed by atoms with Gasteiger partial charge in [-0.25, -0.2) is 9.59 Å². The maximum absolute atomic E-state index is 11.4. The number of carboxylic acids is 2. The Morgan fingerprint density at radius 1 is 1.13 bits per heavy atom. The number of nitrogens with one attached hydrogen (secondary N) is 1. The quantitative estimate of drug-likeness (QED) is 0.496. The Morgan fingerprint density at radius 2 is 1.84 bits per heavy atom. The van der Waals surface area contributed by atoms with Crippen LogP contribution in [0.1, 0.15) is 51.2 Å². The molecule has 8 nitrogen and oxygen atoms in total. The van der Waals surface area contributed by atoms with Gasteiger partial charge in [-0.2, -0.15) is 0 Å². The Balaban J connectivity index is 1.76. The van der Waals surface area contributed by atoms with Crippen LogP contribution in [0.25, 0.3) is 11.3 Å². The summed E-state index contributed by atoms with van der Waals surface area (Å²) < 4.78 is 6.10. The molecule has 9 heteroatoms. The Morgan fingerprint density at radius 3 is 2.42 bits per heavy atom. The lowest BCUT2D eigenvalue weighted by molar-refractivity contribution is 0.0696. The molecule has 1 aliphatic rings. The molecule has 2 atom stereocenters. The van der Waals surface area contributed by atoms with E-state index in [1.807, 2.05) is 30.0 Å². The van der Waals surface area contributed by atoms with E-state index >= 15 is 0 Å². The van der Waals surface area contributed by atoms with Crippen LogP contribution in [0, 0.1) is 0 Å². The van der Waals surface area contributed by atoms with Gasteiger partial charge in [0, 0.05) is 18.3 Å². The standard InChI is InChI=1S/C22H19N3O5S/c1-2-25-19(18(24-22(25)31)15-5-3-4-8-23-15)17-7-6-16(30-17)12-9-13(20(26)27)11-14(10-12)21(28)29/h3-11,18-19H,2H2,1H3,(H,24,31)(H,26,27)(H,28,29). The molecule has 1 aromatic carbocycles. The monoisotopic (exact) mass is 437 g/mol. The summed E-state index contributed by atoms with van der Waals surface area (Å²) in [5, 5.41) is 22.6. The second-order valence-corrected chi connectivity index (χ2v) is 7.41. The zero-order valence-corrected chi connectivity index (χ0v) is 17.3. The highest BCUT2D eigenvalue weighted by atomic mass is 32.1. The van der Waals surface area contributed by atoms with Gasteiger partial charge in [0.1, 0.15) is 17.6 Å². The Hall–Kier alpha value is -3.72. The van der Waals surface area contributed by atoms with Gasteiger partial charge >= 0.3 is 11.9 Å². The van der Waals surface area contributed by atoms with Crippen LogP contribution < -0.4 is 5.32 Å². The highest BCUT2D eigenvalue weighted by molar-refractivity contribution is 7.80. The fourth-order valence-corrected chi connectivity index (χ4v) is 4.11. The van der Waals surface area contributed by atoms with Crippen LogP contribution in [-0.4, -0.2) is 43.7 Å². The van der Waals surface area contributed by atoms with Crippen molar-refractivity contribution in [1.82, 2.24) is 15.2 Å². The van der Waals surface area contributed by atoms with Crippen LogP contribution in [0.2, 0.25) is 0 Å². The van der Waals surface area contributed by atoms with E-state index < -0.39 is 11.9 Å². The molecule has 0 saturated carbocycles. The number of carboxylic acid groups (broad SMARTS) is 2. The van der Waals surface area contributed by atoms with Crippen molar-refractivity contribution in [3.05, 3.63) is 77.3 Å². The third-order valence-electron chi connectivity index (χ3n) is 5.17. The summed E-state index contributed by atoms with van der Waals surface area (Å²) in [6, 6.07) is 12.6. The molecule has 2 unspecified atom stereocenters. The van der Waals surface area contributed by atoms with E-state index in [1.165, 1.54) is 12.1 Å². The van der Waals surface area contributed by atoms with Gasteiger partial charge in [-0.1, -0.05) is 6.07 Å². The molecule has 158 valence electrons. The normalized spacial score (nSPS) is 18.1. The van der Waals surface area contributed by atoms with E-state index in [4.69, 9.17) is 16.6 Å². The average molecular weight is 437 g/mol. The third-order valence-corrected chi connectivity index (χ3v) is 5.52. The first-order valence-electron chi connectivity index (χ1n) is 9.59. The second-order valence-electron chi connectivity index (χ2n) is 7.02. The van der Waals surface area contributed by atoms with Gasteiger partial charge in [-0.15, -0.1) is 0 Å². The Kier molecular flexibility index (Phi) is 5.43. The number of hydrogen-bond donors (Lipinski definition) is 3. The van der Waals surface area contributed by atoms with Gasteiger partial charge in [0.25, 0.3) is 0 Å². The van der Waals surface area contributed by atoms with E-state index in [-0.39, 0.29) is 23.2 Å². The number of aromatic nitrogens is 1. The summed E-state index contributed by atoms with van der Waals surface area (Å²) in [4.78, 5) is 29.3. The summed E-state index contributed by atoms with van der Waals surface area (Å²) >= 11 is 5.50. The molecule has 2 aromatic heterocycles. The van der Waals surface area contributed by atoms with E-state index in [9.17, 15) is 19.8 Å². The zero-order chi connectivity index (χ0) is 22.1. The van der Waals surface area contributed by atoms with Crippen molar-refractivity contribution in [3.63, 3.8) is 0 Å². The molecule has 3 aromatic rings. The van der Waals surface area contributed by atoms with E-state index in [2.05, 4.69) is 10.3 Å². The van der Waals surface area contributed by atoms with Crippen molar-refractivity contribution < 1.29 is 24.2 Å². The summed E-state index contributed by atoms with van der Waals surface area (Å²) in [7, 11) is 0. The van der Waals surface area contributed by atoms with Crippen molar-refractivity contribution in [3.8, 4) is 11.3 Å². The number of aromatic carboxylic acids is 2. The first-order chi connectivity index (χ1) is 14.9. The molecule has 0 aliphatic carbocycles. The number of benzene rings is 1. The topological polar surface area (TPSA) is 116 Å². The van der Waals surface area contributed by atoms with Gasteiger partial charge in [0.2, 0.25) is 0 Å². The molecule has 0 spiro atoms. The SMILES string of the molecule is CCN1C(=S)NC(c2ccccn2)C1c1ccc(-c2cc(C(=O)O)cc(C(=O)O)c2)o1. The van der Waals surface area contributed by atoms with Crippen LogP contribution in [-0.2, 0) is 0 Å². The number of furan rings is 1. The molecule has 0 amide bonds. The highest BCUT2D eigenvalue weighted by Gasteiger charge is 2.40. The molecule has 3 heterocycles. The number of carbonyl (C=O) groups is 2. The van der Waals surface area contributed by atoms with Crippen molar-refractivity contribution in [2.45, 2.75) is 19.0 Å². The molecule has 31 heavy (non-hydrogen) atoms. The van der Waals surface area contributed by atoms with Gasteiger partial charge < -0.3 is 24.8 Å². The van der Waals surface area contributed by atoms with Gasteiger partial charge in [-0.05, 0) is 61.6 Å². The van der Waals surface area contributed by atoms with Crippen LogP contribution in [0.15, 0.2) is 59.1 Å². The molecule has 1 saturated heterocycles. The van der Waals surface area contributed by atoms with Crippen LogP contribution in [0.5, 0.6) is 0 Å². The third kappa shape index (κ3) is 3.87. The lowest BCUT2D eigenvalue weighted by atomic mass is 10.0. The summed E-state index contributed by atoms with van der Waals surface area (Å²) in [6.45, 7) is 2.63. The van der Waals surface area contributed by atoms with Crippen molar-refractivity contribution in [2.24, 2.45) is 0 Å². The summed E-state index contributed by atoms with van der Waals surface area (Å²) in [5.41, 5.74) is 0.926. The number of likely N-dealkylation sites (N-methyl/N-ethyl adjacent to an activating group) is 1. The number of thiocarbonyl (C=S) groups is 1. The lowest BCUT2D eigenvalue weighted by Crippen LogP contribution is -2.29. The molecule has 0 radical (unpaired) electrons. The first kappa shape index (κ1) is 20.5. The second kappa shape index (κ2) is 8.19. The minimum absolute atomic E-state index is 0.127. The highest BCUT2D eigenvalue weighted by Crippen LogP contribution is 2.40. The van der Waals surface area contributed by atoms with E-state index in [1.54, 1.807) is 18.3 Å². The molecular formula is C22H19N3O5S. The average Bonchev–Trinajstić information content (AvgIpc) is 3.38. The number of hydrogen-bond acceptors (Lipinski definition) is 5. The summed E-state index contributed by atoms with van der Waals surface area (Å²) in [5.74, 6) is -1.45. The predicted molar refractivity (Wildman–Crippen MR) is 116 cm³/mol. The lowest BCUT2D eigenvalue weighted by Gasteiger charge is -2.24. The van der Waals surface area contributed by atoms with E-state index in [0.717, 1.165) is 11.8 Å². The van der Waals surface area contributed by atoms with E-state index in [0.29, 0.717) is 28.7 Å². The molecule has 1 aliphatic heterocycles. The first-order valence-corrected chi connectivity index (χ1v) is 9.99. The molecule has 0 bridgehead atoms. The summed E-state index contributed by atoms with van der Waals surface area (Å²) in [6.07, 6.45) is 1.71. The Labute approximate surface area is 183 Å². The molecular weight excluding hydrogens is 418 g/mol. The molecule has 1 fully saturated rings. The number of nitrogens with zero attached hydrogens (tertiary/aromatic N) is 2. The minimum Gasteiger partial charge on any atom is -0.478 e. The van der Waals surface area contributed by atoms with Crippen molar-refractivity contribution in [2.75, 3.05) is 6.54 Å². The number of rotatable bonds is 6. The molecule has 4 rings (SSSR count). The van der Waals surface area contributed by atoms with Crippen LogP contribution >= 0.6 is 12.2 Å². The smallest absolute Gasteiger partial charge is 0.335 e. The largest absolute Gasteiger partial charge is 0.478 e. The number of pyridine rings is 1. The fourth-order valence-electron chi connectivity index (χ4n) is 3.74. The Bertz CT molecular complexity index is 1130. The predicted octanol–water partition coefficient (Wildman–Crippen LogP) is 3.73. The molecule has 3 N–H and O–H groups in total. The van der Waals surface area contributed by atoms with Crippen LogP contribution in [0.3, 0.4) is 0 Å². The maximum Gasteiger partial charge on any atom is 0.335 e. The fraction of sp³-hybridized carbons (Fsp3) is 0.182. The van der Waals surface area contributed by atoms with Crippen molar-refractivity contribution in [1.29, 1.82) is 0 Å². The van der Waals surface area contributed by atoms with Crippen molar-refractivity contribution >= 4 is 29.3 Å². The maximum atomic E-state index is 11.4. The van der Waals surface area contributed by atoms with Gasteiger partial charge in [-0.3, -0.25) is 4.98 Å². The van der Waals surface area contributed by atoms with Crippen LogP contribution in [0.4, 0.5) is 0 Å². The van der Waals surface area contributed by atoms with Gasteiger partial charge in [0.05, 0.1) is 22.9 Å². The van der Waals surface area contributed by atoms with Gasteiger partial charge in [0.15, 0.2) is 5.11 Å². The zero-order valence-electron chi connectivity index (χ0n) is 16.5.